The molecule has 23 heavy (non-hydrogen) atoms. The number of aryl methyl sites for hydroxylation is 1. The highest BCUT2D eigenvalue weighted by Gasteiger charge is 2.31. The molecule has 1 aromatic carbocycles. The molecular weight excluding hydrogens is 339 g/mol. The molecule has 0 fully saturated rings. The van der Waals surface area contributed by atoms with Gasteiger partial charge in [0, 0.05) is 11.1 Å². The Labute approximate surface area is 131 Å². The fraction of sp³-hybridized carbons (Fsp3) is 0.429. The van der Waals surface area contributed by atoms with Crippen LogP contribution < -0.4 is 0 Å². The summed E-state index contributed by atoms with van der Waals surface area (Å²) >= 11 is 0. The van der Waals surface area contributed by atoms with E-state index in [1.807, 2.05) is 0 Å². The molecule has 0 saturated carbocycles. The van der Waals surface area contributed by atoms with E-state index in [2.05, 4.69) is 9.98 Å². The van der Waals surface area contributed by atoms with Crippen LogP contribution in [0.1, 0.15) is 11.1 Å². The summed E-state index contributed by atoms with van der Waals surface area (Å²) in [5.41, 5.74) is 1.05. The van der Waals surface area contributed by atoms with Crippen LogP contribution in [-0.4, -0.2) is 40.7 Å². The Hall–Kier alpha value is -1.64. The monoisotopic (exact) mass is 352 g/mol. The molecule has 1 heterocycles. The van der Waals surface area contributed by atoms with Gasteiger partial charge in [-0.1, -0.05) is 12.1 Å². The quantitative estimate of drug-likeness (QED) is 0.750. The minimum Gasteiger partial charge on any atom is -0.256 e. The number of hydrogen-bond acceptors (Lipinski definition) is 3. The van der Waals surface area contributed by atoms with Crippen molar-refractivity contribution < 1.29 is 26.2 Å². The summed E-state index contributed by atoms with van der Waals surface area (Å²) in [5.74, 6) is -1.97. The normalized spacial score (nSPS) is 19.3. The van der Waals surface area contributed by atoms with E-state index >= 15 is 0 Å². The van der Waals surface area contributed by atoms with Gasteiger partial charge in [0.25, 0.3) is 6.43 Å². The molecule has 0 N–H and O–H groups in total. The van der Waals surface area contributed by atoms with E-state index in [1.54, 1.807) is 19.1 Å². The Balaban J connectivity index is 2.15. The first-order valence-corrected chi connectivity index (χ1v) is 7.92. The molecule has 1 aliphatic heterocycles. The van der Waals surface area contributed by atoms with Gasteiger partial charge in [-0.25, -0.2) is 13.8 Å². The molecule has 9 heteroatoms. The Morgan fingerprint density at radius 2 is 2.00 bits per heavy atom. The van der Waals surface area contributed by atoms with Crippen molar-refractivity contribution in [3.8, 4) is 0 Å². The first kappa shape index (κ1) is 17.7. The van der Waals surface area contributed by atoms with Gasteiger partial charge in [-0.05, 0) is 30.5 Å². The van der Waals surface area contributed by atoms with Crippen molar-refractivity contribution in [1.29, 1.82) is 0 Å². The van der Waals surface area contributed by atoms with Gasteiger partial charge in [0.05, 0.1) is 16.8 Å². The highest BCUT2D eigenvalue weighted by atomic mass is 32.2. The van der Waals surface area contributed by atoms with Gasteiger partial charge in [0.1, 0.15) is 5.75 Å². The lowest BCUT2D eigenvalue weighted by Gasteiger charge is -2.11. The minimum absolute atomic E-state index is 0.0906. The standard InChI is InChI=1S/C14H13F5N2OS/c1-8-2-3-9(4-10-6-20-13(21-10)12(15)16)5-11(8)23(22)7-14(17,18)19/h2-3,5-6,10,12H,4,7H2,1H3. The lowest BCUT2D eigenvalue weighted by Crippen LogP contribution is -2.19. The van der Waals surface area contributed by atoms with E-state index in [4.69, 9.17) is 0 Å². The van der Waals surface area contributed by atoms with E-state index in [1.165, 1.54) is 12.3 Å². The van der Waals surface area contributed by atoms with Gasteiger partial charge in [0.15, 0.2) is 5.84 Å². The van der Waals surface area contributed by atoms with Crippen LogP contribution in [0.25, 0.3) is 0 Å². The summed E-state index contributed by atoms with van der Waals surface area (Å²) in [6.07, 6.45) is -5.81. The Morgan fingerprint density at radius 3 is 2.57 bits per heavy atom. The number of halogens is 5. The van der Waals surface area contributed by atoms with Crippen LogP contribution in [0.3, 0.4) is 0 Å². The molecule has 3 nitrogen and oxygen atoms in total. The zero-order valence-electron chi connectivity index (χ0n) is 12.0. The van der Waals surface area contributed by atoms with Crippen molar-refractivity contribution in [3.05, 3.63) is 29.3 Å². The first-order chi connectivity index (χ1) is 10.7. The van der Waals surface area contributed by atoms with Crippen LogP contribution >= 0.6 is 0 Å². The second-order valence-electron chi connectivity index (χ2n) is 5.04. The van der Waals surface area contributed by atoms with Crippen molar-refractivity contribution in [2.75, 3.05) is 5.75 Å². The van der Waals surface area contributed by atoms with Gasteiger partial charge in [-0.15, -0.1) is 0 Å². The fourth-order valence-electron chi connectivity index (χ4n) is 2.09. The van der Waals surface area contributed by atoms with E-state index in [-0.39, 0.29) is 11.3 Å². The molecule has 0 aliphatic carbocycles. The van der Waals surface area contributed by atoms with Gasteiger partial charge >= 0.3 is 6.18 Å². The van der Waals surface area contributed by atoms with Crippen molar-refractivity contribution in [2.45, 2.75) is 36.9 Å². The maximum Gasteiger partial charge on any atom is 0.400 e. The Morgan fingerprint density at radius 1 is 1.30 bits per heavy atom. The van der Waals surface area contributed by atoms with E-state index in [0.717, 1.165) is 0 Å². The summed E-state index contributed by atoms with van der Waals surface area (Å²) in [6, 6.07) is 4.02. The third kappa shape index (κ3) is 4.92. The molecule has 0 saturated heterocycles. The number of alkyl halides is 5. The van der Waals surface area contributed by atoms with Crippen molar-refractivity contribution in [3.63, 3.8) is 0 Å². The van der Waals surface area contributed by atoms with Gasteiger partial charge in [0.2, 0.25) is 0 Å². The third-order valence-corrected chi connectivity index (χ3v) is 4.63. The van der Waals surface area contributed by atoms with Crippen LogP contribution in [0, 0.1) is 6.92 Å². The summed E-state index contributed by atoms with van der Waals surface area (Å²) in [7, 11) is -2.21. The predicted molar refractivity (Wildman–Crippen MR) is 77.9 cm³/mol. The molecule has 0 bridgehead atoms. The van der Waals surface area contributed by atoms with E-state index in [9.17, 15) is 26.2 Å². The van der Waals surface area contributed by atoms with Gasteiger partial charge < -0.3 is 0 Å². The predicted octanol–water partition coefficient (Wildman–Crippen LogP) is 3.32. The molecule has 0 aromatic heterocycles. The molecule has 2 rings (SSSR count). The highest BCUT2D eigenvalue weighted by molar-refractivity contribution is 7.85. The average molecular weight is 352 g/mol. The maximum atomic E-state index is 12.4. The van der Waals surface area contributed by atoms with Crippen molar-refractivity contribution >= 4 is 22.8 Å². The van der Waals surface area contributed by atoms with Crippen LogP contribution in [-0.2, 0) is 17.2 Å². The van der Waals surface area contributed by atoms with Crippen molar-refractivity contribution in [2.24, 2.45) is 9.98 Å². The molecule has 1 aliphatic rings. The summed E-state index contributed by atoms with van der Waals surface area (Å²) in [6.45, 7) is 1.57. The summed E-state index contributed by atoms with van der Waals surface area (Å²) < 4.78 is 73.8. The first-order valence-electron chi connectivity index (χ1n) is 6.60. The number of amidine groups is 1. The number of aliphatic imine (C=N–C) groups is 2. The smallest absolute Gasteiger partial charge is 0.256 e. The molecule has 126 valence electrons. The van der Waals surface area contributed by atoms with Crippen molar-refractivity contribution in [1.82, 2.24) is 0 Å². The molecule has 2 atom stereocenters. The number of nitrogens with zero attached hydrogens (tertiary/aromatic N) is 2. The maximum absolute atomic E-state index is 12.4. The Bertz CT molecular complexity index is 670. The molecule has 1 aromatic rings. The molecule has 0 amide bonds. The van der Waals surface area contributed by atoms with Crippen LogP contribution in [0.15, 0.2) is 33.1 Å². The molecule has 2 unspecified atom stereocenters. The van der Waals surface area contributed by atoms with E-state index < -0.39 is 41.0 Å². The summed E-state index contributed by atoms with van der Waals surface area (Å²) in [4.78, 5) is 7.32. The van der Waals surface area contributed by atoms with Crippen LogP contribution in [0.4, 0.5) is 22.0 Å². The van der Waals surface area contributed by atoms with Crippen LogP contribution in [0.5, 0.6) is 0 Å². The molecule has 0 radical (unpaired) electrons. The molecular formula is C14H13F5N2OS. The SMILES string of the molecule is Cc1ccc(CC2C=NC(C(F)F)=N2)cc1S(=O)CC(F)(F)F. The zero-order chi connectivity index (χ0) is 17.2. The Kier molecular flexibility index (Phi) is 5.28. The summed E-state index contributed by atoms with van der Waals surface area (Å²) in [5, 5.41) is 0. The minimum atomic E-state index is -4.53. The lowest BCUT2D eigenvalue weighted by molar-refractivity contribution is -0.105. The topological polar surface area (TPSA) is 41.8 Å². The fourth-order valence-corrected chi connectivity index (χ4v) is 3.26. The van der Waals surface area contributed by atoms with Gasteiger partial charge in [-0.2, -0.15) is 13.2 Å². The second-order valence-corrected chi connectivity index (χ2v) is 6.46. The van der Waals surface area contributed by atoms with E-state index in [0.29, 0.717) is 11.1 Å². The number of hydrogen-bond donors (Lipinski definition) is 0. The number of rotatable bonds is 5. The average Bonchev–Trinajstić information content (AvgIpc) is 2.87. The highest BCUT2D eigenvalue weighted by Crippen LogP contribution is 2.23. The van der Waals surface area contributed by atoms with Crippen LogP contribution in [0.2, 0.25) is 0 Å². The van der Waals surface area contributed by atoms with Gasteiger partial charge in [-0.3, -0.25) is 9.20 Å². The lowest BCUT2D eigenvalue weighted by atomic mass is 10.1. The second kappa shape index (κ2) is 6.86. The largest absolute Gasteiger partial charge is 0.400 e. The zero-order valence-corrected chi connectivity index (χ0v) is 12.8. The third-order valence-electron chi connectivity index (χ3n) is 3.11. The number of benzene rings is 1. The molecule has 0 spiro atoms.